The van der Waals surface area contributed by atoms with Crippen molar-refractivity contribution >= 4 is 0 Å². The fraction of sp³-hybridized carbons (Fsp3) is 0.438. The molecule has 4 nitrogen and oxygen atoms in total. The number of likely N-dealkylation sites (N-methyl/N-ethyl adjacent to an activating group) is 1. The number of ether oxygens (including phenoxy) is 1. The summed E-state index contributed by atoms with van der Waals surface area (Å²) in [6.07, 6.45) is 1.96. The molecule has 0 saturated carbocycles. The molecule has 0 radical (unpaired) electrons. The highest BCUT2D eigenvalue weighted by Gasteiger charge is 2.11. The highest BCUT2D eigenvalue weighted by atomic mass is 16.5. The molecule has 1 heterocycles. The molecule has 1 atom stereocenters. The Labute approximate surface area is 120 Å². The van der Waals surface area contributed by atoms with Gasteiger partial charge in [-0.05, 0) is 44.2 Å². The van der Waals surface area contributed by atoms with Crippen molar-refractivity contribution in [3.05, 3.63) is 47.3 Å². The molecule has 1 N–H and O–H groups in total. The van der Waals surface area contributed by atoms with Crippen LogP contribution in [0.15, 0.2) is 30.3 Å². The van der Waals surface area contributed by atoms with Crippen molar-refractivity contribution in [2.75, 3.05) is 14.2 Å². The average Bonchev–Trinajstić information content (AvgIpc) is 2.77. The van der Waals surface area contributed by atoms with Crippen molar-refractivity contribution in [2.24, 2.45) is 7.05 Å². The van der Waals surface area contributed by atoms with Crippen molar-refractivity contribution in [2.45, 2.75) is 25.8 Å². The molecule has 0 aliphatic heterocycles. The molecule has 0 spiro atoms. The Bertz CT molecular complexity index is 545. The second-order valence-corrected chi connectivity index (χ2v) is 5.14. The number of nitrogens with one attached hydrogen (secondary N) is 1. The number of rotatable bonds is 6. The Morgan fingerprint density at radius 1 is 1.25 bits per heavy atom. The second kappa shape index (κ2) is 6.57. The number of hydrogen-bond donors (Lipinski definition) is 1. The lowest BCUT2D eigenvalue weighted by Crippen LogP contribution is -2.30. The molecular formula is C16H23N3O. The number of nitrogens with zero attached hydrogens (tertiary/aromatic N) is 2. The second-order valence-electron chi connectivity index (χ2n) is 5.14. The highest BCUT2D eigenvalue weighted by molar-refractivity contribution is 5.28. The van der Waals surface area contributed by atoms with Crippen LogP contribution in [0.25, 0.3) is 0 Å². The molecule has 1 aromatic carbocycles. The Balaban J connectivity index is 2.02. The first kappa shape index (κ1) is 14.6. The Morgan fingerprint density at radius 3 is 2.45 bits per heavy atom. The summed E-state index contributed by atoms with van der Waals surface area (Å²) in [5, 5.41) is 7.79. The monoisotopic (exact) mass is 273 g/mol. The van der Waals surface area contributed by atoms with Gasteiger partial charge in [-0.1, -0.05) is 12.1 Å². The average molecular weight is 273 g/mol. The number of aryl methyl sites for hydroxylation is 2. The predicted octanol–water partition coefficient (Wildman–Crippen LogP) is 2.11. The first-order valence-corrected chi connectivity index (χ1v) is 6.92. The van der Waals surface area contributed by atoms with Gasteiger partial charge in [0.15, 0.2) is 0 Å². The zero-order valence-corrected chi connectivity index (χ0v) is 12.7. The molecule has 2 rings (SSSR count). The van der Waals surface area contributed by atoms with Gasteiger partial charge in [0.1, 0.15) is 5.75 Å². The molecule has 0 aliphatic rings. The van der Waals surface area contributed by atoms with E-state index >= 15 is 0 Å². The van der Waals surface area contributed by atoms with Gasteiger partial charge in [0.05, 0.1) is 12.8 Å². The Morgan fingerprint density at radius 2 is 1.95 bits per heavy atom. The summed E-state index contributed by atoms with van der Waals surface area (Å²) in [4.78, 5) is 0. The molecule has 108 valence electrons. The number of methoxy groups -OCH3 is 1. The van der Waals surface area contributed by atoms with Gasteiger partial charge in [-0.3, -0.25) is 4.68 Å². The molecule has 1 unspecified atom stereocenters. The van der Waals surface area contributed by atoms with Crippen molar-refractivity contribution in [3.8, 4) is 5.75 Å². The normalized spacial score (nSPS) is 12.4. The molecule has 0 bridgehead atoms. The van der Waals surface area contributed by atoms with Crippen LogP contribution in [0.2, 0.25) is 0 Å². The van der Waals surface area contributed by atoms with E-state index in [0.29, 0.717) is 6.04 Å². The van der Waals surface area contributed by atoms with Gasteiger partial charge in [-0.2, -0.15) is 5.10 Å². The van der Waals surface area contributed by atoms with Crippen molar-refractivity contribution in [3.63, 3.8) is 0 Å². The largest absolute Gasteiger partial charge is 0.497 e. The van der Waals surface area contributed by atoms with Gasteiger partial charge in [0, 0.05) is 25.2 Å². The summed E-state index contributed by atoms with van der Waals surface area (Å²) in [6.45, 7) is 2.03. The third-order valence-corrected chi connectivity index (χ3v) is 3.60. The van der Waals surface area contributed by atoms with Crippen LogP contribution in [0.4, 0.5) is 0 Å². The first-order chi connectivity index (χ1) is 9.62. The standard InChI is InChI=1S/C16H23N3O/c1-12-9-15(19(3)18-12)11-14(17-2)10-13-5-7-16(20-4)8-6-13/h5-9,14,17H,10-11H2,1-4H3. The molecule has 4 heteroatoms. The van der Waals surface area contributed by atoms with Crippen molar-refractivity contribution < 1.29 is 4.74 Å². The Hall–Kier alpha value is -1.81. The van der Waals surface area contributed by atoms with E-state index < -0.39 is 0 Å². The Kier molecular flexibility index (Phi) is 4.79. The van der Waals surface area contributed by atoms with Crippen LogP contribution in [-0.4, -0.2) is 30.0 Å². The number of benzene rings is 1. The van der Waals surface area contributed by atoms with Crippen LogP contribution in [0.1, 0.15) is 17.0 Å². The summed E-state index contributed by atoms with van der Waals surface area (Å²) in [5.41, 5.74) is 3.64. The number of hydrogen-bond acceptors (Lipinski definition) is 3. The van der Waals surface area contributed by atoms with Gasteiger partial charge in [0.2, 0.25) is 0 Å². The van der Waals surface area contributed by atoms with Crippen molar-refractivity contribution in [1.29, 1.82) is 0 Å². The molecule has 20 heavy (non-hydrogen) atoms. The molecule has 0 aliphatic carbocycles. The summed E-state index contributed by atoms with van der Waals surface area (Å²) in [5.74, 6) is 0.900. The van der Waals surface area contributed by atoms with E-state index in [0.717, 1.165) is 24.3 Å². The summed E-state index contributed by atoms with van der Waals surface area (Å²) in [6, 6.07) is 10.8. The molecule has 0 saturated heterocycles. The third-order valence-electron chi connectivity index (χ3n) is 3.60. The van der Waals surface area contributed by atoms with E-state index in [-0.39, 0.29) is 0 Å². The third kappa shape index (κ3) is 3.61. The van der Waals surface area contributed by atoms with Crippen LogP contribution >= 0.6 is 0 Å². The van der Waals surface area contributed by atoms with E-state index in [1.165, 1.54) is 11.3 Å². The summed E-state index contributed by atoms with van der Waals surface area (Å²) in [7, 11) is 5.70. The maximum Gasteiger partial charge on any atom is 0.118 e. The minimum absolute atomic E-state index is 0.401. The molecule has 1 aromatic heterocycles. The smallest absolute Gasteiger partial charge is 0.118 e. The molecular weight excluding hydrogens is 250 g/mol. The van der Waals surface area contributed by atoms with Crippen molar-refractivity contribution in [1.82, 2.24) is 15.1 Å². The highest BCUT2D eigenvalue weighted by Crippen LogP contribution is 2.14. The maximum atomic E-state index is 5.19. The van der Waals surface area contributed by atoms with E-state index in [1.54, 1.807) is 7.11 Å². The minimum Gasteiger partial charge on any atom is -0.497 e. The predicted molar refractivity (Wildman–Crippen MR) is 81.2 cm³/mol. The van der Waals surface area contributed by atoms with Crippen LogP contribution < -0.4 is 10.1 Å². The summed E-state index contributed by atoms with van der Waals surface area (Å²) >= 11 is 0. The first-order valence-electron chi connectivity index (χ1n) is 6.92. The SMILES string of the molecule is CNC(Cc1ccc(OC)cc1)Cc1cc(C)nn1C. The van der Waals surface area contributed by atoms with E-state index in [4.69, 9.17) is 4.74 Å². The topological polar surface area (TPSA) is 39.1 Å². The lowest BCUT2D eigenvalue weighted by Gasteiger charge is -2.16. The van der Waals surface area contributed by atoms with Gasteiger partial charge in [-0.15, -0.1) is 0 Å². The zero-order valence-electron chi connectivity index (χ0n) is 12.7. The van der Waals surface area contributed by atoms with Gasteiger partial charge in [0.25, 0.3) is 0 Å². The van der Waals surface area contributed by atoms with Gasteiger partial charge < -0.3 is 10.1 Å². The van der Waals surface area contributed by atoms with Crippen LogP contribution in [0.5, 0.6) is 5.75 Å². The minimum atomic E-state index is 0.401. The number of aromatic nitrogens is 2. The van der Waals surface area contributed by atoms with Gasteiger partial charge in [-0.25, -0.2) is 0 Å². The van der Waals surface area contributed by atoms with Crippen LogP contribution in [0.3, 0.4) is 0 Å². The summed E-state index contributed by atoms with van der Waals surface area (Å²) < 4.78 is 7.15. The zero-order chi connectivity index (χ0) is 14.5. The van der Waals surface area contributed by atoms with Gasteiger partial charge >= 0.3 is 0 Å². The van der Waals surface area contributed by atoms with E-state index in [2.05, 4.69) is 28.6 Å². The van der Waals surface area contributed by atoms with Crippen LogP contribution in [0, 0.1) is 6.92 Å². The maximum absolute atomic E-state index is 5.19. The molecule has 0 amide bonds. The molecule has 2 aromatic rings. The fourth-order valence-electron chi connectivity index (χ4n) is 2.43. The lowest BCUT2D eigenvalue weighted by molar-refractivity contribution is 0.414. The lowest BCUT2D eigenvalue weighted by atomic mass is 10.0. The van der Waals surface area contributed by atoms with Crippen LogP contribution in [-0.2, 0) is 19.9 Å². The molecule has 0 fully saturated rings. The van der Waals surface area contributed by atoms with E-state index in [9.17, 15) is 0 Å². The fourth-order valence-corrected chi connectivity index (χ4v) is 2.43. The van der Waals surface area contributed by atoms with E-state index in [1.807, 2.05) is 37.8 Å². The quantitative estimate of drug-likeness (QED) is 0.876.